The molecule has 8 heteroatoms. The van der Waals surface area contributed by atoms with E-state index in [-0.39, 0.29) is 24.1 Å². The number of benzene rings is 2. The Hall–Kier alpha value is -3.23. The number of likely N-dealkylation sites (tertiary alicyclic amines) is 1. The summed E-state index contributed by atoms with van der Waals surface area (Å²) < 4.78 is 0. The molecule has 2 aromatic rings. The van der Waals surface area contributed by atoms with Crippen LogP contribution in [0.25, 0.3) is 0 Å². The Bertz CT molecular complexity index is 1160. The molecule has 2 fully saturated rings. The van der Waals surface area contributed by atoms with Crippen LogP contribution in [0.15, 0.2) is 42.5 Å². The van der Waals surface area contributed by atoms with Gasteiger partial charge in [0, 0.05) is 57.9 Å². The number of piperidine rings is 1. The quantitative estimate of drug-likeness (QED) is 0.656. The molecule has 34 heavy (non-hydrogen) atoms. The van der Waals surface area contributed by atoms with Gasteiger partial charge in [-0.2, -0.15) is 0 Å². The lowest BCUT2D eigenvalue weighted by atomic mass is 9.90. The predicted octanol–water partition coefficient (Wildman–Crippen LogP) is 1.57. The molecular formula is C26H31N5O3. The Kier molecular flexibility index (Phi) is 5.65. The molecule has 0 aromatic heterocycles. The van der Waals surface area contributed by atoms with Crippen LogP contribution < -0.4 is 16.0 Å². The highest BCUT2D eigenvalue weighted by molar-refractivity contribution is 6.05. The second-order valence-electron chi connectivity index (χ2n) is 9.95. The fourth-order valence-electron chi connectivity index (χ4n) is 5.34. The van der Waals surface area contributed by atoms with Crippen molar-refractivity contribution in [1.29, 1.82) is 0 Å². The van der Waals surface area contributed by atoms with Gasteiger partial charge in [-0.25, -0.2) is 0 Å². The third-order valence-corrected chi connectivity index (χ3v) is 7.32. The number of fused-ring (bicyclic) bond motifs is 1. The van der Waals surface area contributed by atoms with Crippen LogP contribution in [0.2, 0.25) is 0 Å². The fraction of sp³-hybridized carbons (Fsp3) is 0.423. The van der Waals surface area contributed by atoms with Crippen molar-refractivity contribution in [2.45, 2.75) is 43.9 Å². The van der Waals surface area contributed by atoms with Crippen molar-refractivity contribution in [3.63, 3.8) is 0 Å². The second kappa shape index (κ2) is 8.52. The lowest BCUT2D eigenvalue weighted by Gasteiger charge is -2.29. The van der Waals surface area contributed by atoms with Crippen molar-refractivity contribution in [2.24, 2.45) is 5.73 Å². The van der Waals surface area contributed by atoms with E-state index < -0.39 is 11.6 Å². The minimum absolute atomic E-state index is 0.138. The molecule has 0 saturated carbocycles. The van der Waals surface area contributed by atoms with Gasteiger partial charge in [0.1, 0.15) is 6.04 Å². The van der Waals surface area contributed by atoms with Crippen molar-refractivity contribution in [2.75, 3.05) is 32.1 Å². The average Bonchev–Trinajstić information content (AvgIpc) is 3.34. The zero-order chi connectivity index (χ0) is 24.0. The van der Waals surface area contributed by atoms with Crippen molar-refractivity contribution < 1.29 is 14.4 Å². The third-order valence-electron chi connectivity index (χ3n) is 7.32. The van der Waals surface area contributed by atoms with Crippen molar-refractivity contribution in [3.8, 4) is 0 Å². The number of nitrogens with one attached hydrogen (secondary N) is 1. The maximum atomic E-state index is 13.1. The van der Waals surface area contributed by atoms with Gasteiger partial charge in [0.25, 0.3) is 5.91 Å². The van der Waals surface area contributed by atoms with Crippen LogP contribution in [-0.2, 0) is 28.2 Å². The van der Waals surface area contributed by atoms with E-state index >= 15 is 0 Å². The maximum Gasteiger partial charge on any atom is 0.255 e. The Balaban J connectivity index is 1.28. The first-order chi connectivity index (χ1) is 16.2. The van der Waals surface area contributed by atoms with E-state index in [1.165, 1.54) is 0 Å². The summed E-state index contributed by atoms with van der Waals surface area (Å²) in [4.78, 5) is 42.9. The number of rotatable bonds is 5. The standard InChI is InChI=1S/C26H31N5O3/c1-29(2)20-5-3-4-19(13-20)26(27)10-11-30(16-26)14-17-6-7-18-15-31(25(34)21(18)12-17)22-8-9-23(32)28-24(22)33/h3-7,12-13,22H,8-11,14-16,27H2,1-2H3,(H,28,32,33). The molecule has 8 nitrogen and oxygen atoms in total. The van der Waals surface area contributed by atoms with Crippen LogP contribution in [0, 0.1) is 0 Å². The molecule has 0 radical (unpaired) electrons. The van der Waals surface area contributed by atoms with Crippen LogP contribution in [-0.4, -0.2) is 60.7 Å². The Morgan fingerprint density at radius 1 is 1.15 bits per heavy atom. The summed E-state index contributed by atoms with van der Waals surface area (Å²) in [7, 11) is 4.06. The van der Waals surface area contributed by atoms with Crippen LogP contribution in [0.4, 0.5) is 5.69 Å². The third kappa shape index (κ3) is 4.08. The summed E-state index contributed by atoms with van der Waals surface area (Å²) in [6, 6.07) is 13.8. The molecule has 3 aliphatic heterocycles. The summed E-state index contributed by atoms with van der Waals surface area (Å²) in [5.41, 5.74) is 11.4. The second-order valence-corrected chi connectivity index (χ2v) is 9.95. The number of imide groups is 1. The molecule has 0 bridgehead atoms. The molecule has 3 amide bonds. The van der Waals surface area contributed by atoms with Crippen molar-refractivity contribution in [1.82, 2.24) is 15.1 Å². The molecule has 3 aliphatic rings. The zero-order valence-corrected chi connectivity index (χ0v) is 19.7. The van der Waals surface area contributed by atoms with Crippen LogP contribution in [0.5, 0.6) is 0 Å². The molecule has 2 saturated heterocycles. The van der Waals surface area contributed by atoms with Gasteiger partial charge < -0.3 is 15.5 Å². The van der Waals surface area contributed by atoms with Gasteiger partial charge in [0.2, 0.25) is 11.8 Å². The van der Waals surface area contributed by atoms with E-state index in [2.05, 4.69) is 45.4 Å². The minimum atomic E-state index is -0.588. The first-order valence-corrected chi connectivity index (χ1v) is 11.8. The summed E-state index contributed by atoms with van der Waals surface area (Å²) in [6.07, 6.45) is 1.50. The molecule has 0 aliphatic carbocycles. The van der Waals surface area contributed by atoms with E-state index in [0.29, 0.717) is 25.1 Å². The number of nitrogens with two attached hydrogens (primary N) is 1. The van der Waals surface area contributed by atoms with Crippen molar-refractivity contribution in [3.05, 3.63) is 64.7 Å². The van der Waals surface area contributed by atoms with E-state index in [1.54, 1.807) is 4.90 Å². The average molecular weight is 462 g/mol. The molecule has 3 N–H and O–H groups in total. The number of carbonyl (C=O) groups is 3. The highest BCUT2D eigenvalue weighted by atomic mass is 16.2. The van der Waals surface area contributed by atoms with Gasteiger partial charge in [-0.15, -0.1) is 0 Å². The number of amides is 3. The molecule has 2 aromatic carbocycles. The maximum absolute atomic E-state index is 13.1. The number of carbonyl (C=O) groups excluding carboxylic acids is 3. The van der Waals surface area contributed by atoms with E-state index in [0.717, 1.165) is 41.9 Å². The van der Waals surface area contributed by atoms with Crippen molar-refractivity contribution >= 4 is 23.4 Å². The van der Waals surface area contributed by atoms with Gasteiger partial charge in [-0.05, 0) is 47.7 Å². The molecular weight excluding hydrogens is 430 g/mol. The monoisotopic (exact) mass is 461 g/mol. The van der Waals surface area contributed by atoms with Crippen LogP contribution in [0.3, 0.4) is 0 Å². The SMILES string of the molecule is CN(C)c1cccc(C2(N)CCN(Cc3ccc4c(c3)C(=O)N(C3CCC(=O)NC3=O)C4)C2)c1. The zero-order valence-electron chi connectivity index (χ0n) is 19.7. The van der Waals surface area contributed by atoms with E-state index in [1.807, 2.05) is 26.2 Å². The molecule has 0 spiro atoms. The number of nitrogens with zero attached hydrogens (tertiary/aromatic N) is 3. The summed E-state index contributed by atoms with van der Waals surface area (Å²) >= 11 is 0. The highest BCUT2D eigenvalue weighted by Crippen LogP contribution is 2.33. The highest BCUT2D eigenvalue weighted by Gasteiger charge is 2.40. The molecule has 5 rings (SSSR count). The predicted molar refractivity (Wildman–Crippen MR) is 129 cm³/mol. The lowest BCUT2D eigenvalue weighted by molar-refractivity contribution is -0.136. The summed E-state index contributed by atoms with van der Waals surface area (Å²) in [5, 5.41) is 2.35. The van der Waals surface area contributed by atoms with Gasteiger partial charge >= 0.3 is 0 Å². The van der Waals surface area contributed by atoms with E-state index in [9.17, 15) is 14.4 Å². The van der Waals surface area contributed by atoms with E-state index in [4.69, 9.17) is 5.73 Å². The molecule has 178 valence electrons. The largest absolute Gasteiger partial charge is 0.378 e. The number of anilines is 1. The molecule has 2 unspecified atom stereocenters. The molecule has 2 atom stereocenters. The Labute approximate surface area is 199 Å². The van der Waals surface area contributed by atoms with Crippen LogP contribution >= 0.6 is 0 Å². The van der Waals surface area contributed by atoms with Gasteiger partial charge in [0.15, 0.2) is 0 Å². The van der Waals surface area contributed by atoms with Gasteiger partial charge in [0.05, 0.1) is 5.54 Å². The first-order valence-electron chi connectivity index (χ1n) is 11.8. The summed E-state index contributed by atoms with van der Waals surface area (Å²) in [5.74, 6) is -0.795. The Morgan fingerprint density at radius 2 is 1.97 bits per heavy atom. The van der Waals surface area contributed by atoms with Crippen LogP contribution in [0.1, 0.15) is 46.3 Å². The first kappa shape index (κ1) is 22.6. The van der Waals surface area contributed by atoms with Gasteiger partial charge in [-0.3, -0.25) is 24.6 Å². The fourth-order valence-corrected chi connectivity index (χ4v) is 5.34. The van der Waals surface area contributed by atoms with Gasteiger partial charge in [-0.1, -0.05) is 24.3 Å². The number of hydrogen-bond donors (Lipinski definition) is 2. The smallest absolute Gasteiger partial charge is 0.255 e. The summed E-state index contributed by atoms with van der Waals surface area (Å²) in [6.45, 7) is 2.75. The minimum Gasteiger partial charge on any atom is -0.378 e. The molecule has 3 heterocycles. The number of hydrogen-bond acceptors (Lipinski definition) is 6. The lowest BCUT2D eigenvalue weighted by Crippen LogP contribution is -2.52. The Morgan fingerprint density at radius 3 is 2.74 bits per heavy atom. The normalized spacial score (nSPS) is 25.0. The topological polar surface area (TPSA) is 99.0 Å².